The molecule has 1 aromatic carbocycles. The summed E-state index contributed by atoms with van der Waals surface area (Å²) in [6, 6.07) is 4.36. The van der Waals surface area contributed by atoms with Crippen LogP contribution in [-0.4, -0.2) is 29.4 Å². The molecule has 0 fully saturated rings. The summed E-state index contributed by atoms with van der Waals surface area (Å²) in [7, 11) is 1.73. The molecule has 2 aromatic rings. The first-order chi connectivity index (χ1) is 11.7. The molecule has 3 heterocycles. The average molecular weight is 324 g/mol. The Kier molecular flexibility index (Phi) is 3.63. The van der Waals surface area contributed by atoms with E-state index in [-0.39, 0.29) is 5.91 Å². The minimum Gasteiger partial charge on any atom is -0.496 e. The summed E-state index contributed by atoms with van der Waals surface area (Å²) in [5.74, 6) is 1.22. The molecule has 0 saturated carbocycles. The van der Waals surface area contributed by atoms with Gasteiger partial charge < -0.3 is 14.6 Å². The summed E-state index contributed by atoms with van der Waals surface area (Å²) < 4.78 is 5.58. The van der Waals surface area contributed by atoms with Crippen molar-refractivity contribution >= 4 is 22.5 Å². The molecule has 4 rings (SSSR count). The zero-order valence-corrected chi connectivity index (χ0v) is 14.7. The van der Waals surface area contributed by atoms with Crippen LogP contribution in [0.5, 0.6) is 5.75 Å². The standard InChI is InChI=1S/C20H24N2O2/c1-4-12-6-7-18(23)22-9-8-14-15-11-17(24-3)13(5-2)10-16(15)21-19(14)20(12)22/h10-11,21H,4-9H2,1-3H3. The van der Waals surface area contributed by atoms with Crippen molar-refractivity contribution in [3.8, 4) is 5.75 Å². The maximum Gasteiger partial charge on any atom is 0.227 e. The number of fused-ring (bicyclic) bond motifs is 5. The second-order valence-electron chi connectivity index (χ2n) is 6.64. The predicted molar refractivity (Wildman–Crippen MR) is 96.1 cm³/mol. The molecule has 0 aliphatic carbocycles. The molecule has 24 heavy (non-hydrogen) atoms. The number of ether oxygens (including phenoxy) is 1. The van der Waals surface area contributed by atoms with Crippen molar-refractivity contribution in [3.05, 3.63) is 34.5 Å². The second kappa shape index (κ2) is 5.69. The number of hydrogen-bond acceptors (Lipinski definition) is 2. The van der Waals surface area contributed by atoms with E-state index in [4.69, 9.17) is 4.74 Å². The van der Waals surface area contributed by atoms with Crippen molar-refractivity contribution in [1.82, 2.24) is 9.88 Å². The van der Waals surface area contributed by atoms with Crippen molar-refractivity contribution in [2.75, 3.05) is 13.7 Å². The molecule has 0 radical (unpaired) electrons. The van der Waals surface area contributed by atoms with E-state index in [0.29, 0.717) is 6.42 Å². The van der Waals surface area contributed by atoms with E-state index in [1.807, 2.05) is 4.90 Å². The van der Waals surface area contributed by atoms with Gasteiger partial charge in [0, 0.05) is 23.9 Å². The minimum atomic E-state index is 0.262. The van der Waals surface area contributed by atoms with Crippen molar-refractivity contribution in [3.63, 3.8) is 0 Å². The van der Waals surface area contributed by atoms with Crippen LogP contribution in [0.2, 0.25) is 0 Å². The highest BCUT2D eigenvalue weighted by Crippen LogP contribution is 2.41. The third-order valence-electron chi connectivity index (χ3n) is 5.48. The number of H-pyrrole nitrogens is 1. The molecule has 1 amide bonds. The van der Waals surface area contributed by atoms with Gasteiger partial charge in [0.15, 0.2) is 0 Å². The first-order valence-electron chi connectivity index (χ1n) is 8.92. The Labute approximate surface area is 142 Å². The third-order valence-corrected chi connectivity index (χ3v) is 5.48. The summed E-state index contributed by atoms with van der Waals surface area (Å²) in [4.78, 5) is 18.0. The van der Waals surface area contributed by atoms with Gasteiger partial charge in [-0.25, -0.2) is 0 Å². The Hall–Kier alpha value is -2.23. The number of aromatic nitrogens is 1. The SMILES string of the molecule is CCC1=C2c3[nH]c4cc(CC)c(OC)cc4c3CCN2C(=O)CC1. The number of allylic oxidation sites excluding steroid dienone is 1. The number of amides is 1. The van der Waals surface area contributed by atoms with Gasteiger partial charge in [-0.15, -0.1) is 0 Å². The number of benzene rings is 1. The van der Waals surface area contributed by atoms with Crippen LogP contribution in [0.25, 0.3) is 16.6 Å². The number of nitrogens with one attached hydrogen (secondary N) is 1. The van der Waals surface area contributed by atoms with Gasteiger partial charge in [-0.2, -0.15) is 0 Å². The lowest BCUT2D eigenvalue weighted by molar-refractivity contribution is -0.128. The number of aromatic amines is 1. The van der Waals surface area contributed by atoms with Crippen LogP contribution in [0.1, 0.15) is 49.9 Å². The Morgan fingerprint density at radius 2 is 2.00 bits per heavy atom. The van der Waals surface area contributed by atoms with E-state index < -0.39 is 0 Å². The number of hydrogen-bond donors (Lipinski definition) is 1. The number of methoxy groups -OCH3 is 1. The monoisotopic (exact) mass is 324 g/mol. The number of rotatable bonds is 3. The fourth-order valence-corrected chi connectivity index (χ4v) is 4.19. The minimum absolute atomic E-state index is 0.262. The lowest BCUT2D eigenvalue weighted by atomic mass is 9.91. The summed E-state index contributed by atoms with van der Waals surface area (Å²) in [6.45, 7) is 5.12. The van der Waals surface area contributed by atoms with Gasteiger partial charge in [0.25, 0.3) is 0 Å². The van der Waals surface area contributed by atoms with Gasteiger partial charge in [0.1, 0.15) is 5.75 Å². The zero-order valence-electron chi connectivity index (χ0n) is 14.7. The quantitative estimate of drug-likeness (QED) is 0.926. The predicted octanol–water partition coefficient (Wildman–Crippen LogP) is 4.04. The molecule has 0 bridgehead atoms. The summed E-state index contributed by atoms with van der Waals surface area (Å²) >= 11 is 0. The molecule has 4 nitrogen and oxygen atoms in total. The highest BCUT2D eigenvalue weighted by Gasteiger charge is 2.33. The van der Waals surface area contributed by atoms with E-state index in [9.17, 15) is 4.79 Å². The van der Waals surface area contributed by atoms with Crippen molar-refractivity contribution in [1.29, 1.82) is 0 Å². The largest absolute Gasteiger partial charge is 0.496 e. The summed E-state index contributed by atoms with van der Waals surface area (Å²) in [5.41, 5.74) is 7.38. The average Bonchev–Trinajstić information content (AvgIpc) is 2.98. The maximum absolute atomic E-state index is 12.4. The summed E-state index contributed by atoms with van der Waals surface area (Å²) in [5, 5.41) is 1.24. The van der Waals surface area contributed by atoms with Gasteiger partial charge in [-0.1, -0.05) is 13.8 Å². The molecule has 1 aromatic heterocycles. The lowest BCUT2D eigenvalue weighted by Crippen LogP contribution is -2.38. The van der Waals surface area contributed by atoms with Crippen LogP contribution in [0.15, 0.2) is 17.7 Å². The van der Waals surface area contributed by atoms with Crippen LogP contribution in [-0.2, 0) is 17.6 Å². The topological polar surface area (TPSA) is 45.3 Å². The second-order valence-corrected chi connectivity index (χ2v) is 6.64. The van der Waals surface area contributed by atoms with Crippen LogP contribution < -0.4 is 4.74 Å². The number of carbonyl (C=O) groups excluding carboxylic acids is 1. The van der Waals surface area contributed by atoms with Gasteiger partial charge in [-0.05, 0) is 54.5 Å². The first-order valence-corrected chi connectivity index (χ1v) is 8.92. The van der Waals surface area contributed by atoms with Gasteiger partial charge in [-0.3, -0.25) is 4.79 Å². The van der Waals surface area contributed by atoms with Crippen LogP contribution >= 0.6 is 0 Å². The maximum atomic E-state index is 12.4. The molecule has 2 aliphatic rings. The highest BCUT2D eigenvalue weighted by atomic mass is 16.5. The fourth-order valence-electron chi connectivity index (χ4n) is 4.19. The molecular formula is C20H24N2O2. The molecule has 1 N–H and O–H groups in total. The van der Waals surface area contributed by atoms with Crippen molar-refractivity contribution in [2.24, 2.45) is 0 Å². The molecule has 4 heteroatoms. The highest BCUT2D eigenvalue weighted by molar-refractivity contribution is 5.97. The van der Waals surface area contributed by atoms with Gasteiger partial charge in [0.2, 0.25) is 5.91 Å². The Bertz CT molecular complexity index is 860. The third kappa shape index (κ3) is 2.09. The molecule has 126 valence electrons. The molecule has 0 saturated heterocycles. The molecule has 0 spiro atoms. The van der Waals surface area contributed by atoms with Crippen LogP contribution in [0, 0.1) is 0 Å². The smallest absolute Gasteiger partial charge is 0.227 e. The van der Waals surface area contributed by atoms with Crippen LogP contribution in [0.3, 0.4) is 0 Å². The normalized spacial score (nSPS) is 17.3. The zero-order chi connectivity index (χ0) is 16.8. The van der Waals surface area contributed by atoms with Crippen LogP contribution in [0.4, 0.5) is 0 Å². The molecule has 2 aliphatic heterocycles. The van der Waals surface area contributed by atoms with E-state index in [2.05, 4.69) is 31.0 Å². The molecule has 0 unspecified atom stereocenters. The number of carbonyl (C=O) groups is 1. The van der Waals surface area contributed by atoms with Gasteiger partial charge >= 0.3 is 0 Å². The molecule has 0 atom stereocenters. The number of nitrogens with zero attached hydrogens (tertiary/aromatic N) is 1. The Morgan fingerprint density at radius 3 is 2.71 bits per heavy atom. The van der Waals surface area contributed by atoms with E-state index in [1.165, 1.54) is 22.1 Å². The molecular weight excluding hydrogens is 300 g/mol. The van der Waals surface area contributed by atoms with E-state index in [0.717, 1.165) is 54.9 Å². The number of aryl methyl sites for hydroxylation is 1. The first kappa shape index (κ1) is 15.3. The Morgan fingerprint density at radius 1 is 1.17 bits per heavy atom. The van der Waals surface area contributed by atoms with Gasteiger partial charge in [0.05, 0.1) is 18.5 Å². The van der Waals surface area contributed by atoms with E-state index in [1.54, 1.807) is 7.11 Å². The lowest BCUT2D eigenvalue weighted by Gasteiger charge is -2.35. The fraction of sp³-hybridized carbons (Fsp3) is 0.450. The summed E-state index contributed by atoms with van der Waals surface area (Å²) in [6.07, 6.45) is 4.37. The van der Waals surface area contributed by atoms with E-state index >= 15 is 0 Å². The van der Waals surface area contributed by atoms with Crippen molar-refractivity contribution < 1.29 is 9.53 Å². The van der Waals surface area contributed by atoms with Crippen molar-refractivity contribution in [2.45, 2.75) is 46.0 Å². The Balaban J connectivity index is 1.97.